The molecule has 3 aromatic rings. The molecule has 0 radical (unpaired) electrons. The summed E-state index contributed by atoms with van der Waals surface area (Å²) in [5.74, 6) is 0. The number of hydrogen-bond acceptors (Lipinski definition) is 5. The highest BCUT2D eigenvalue weighted by atomic mass is 32.1. The first kappa shape index (κ1) is 12.8. The second-order valence-electron chi connectivity index (χ2n) is 4.49. The van der Waals surface area contributed by atoms with Gasteiger partial charge in [-0.15, -0.1) is 11.3 Å². The topological polar surface area (TPSA) is 55.6 Å². The Hall–Kier alpha value is -2.21. The fourth-order valence-corrected chi connectivity index (χ4v) is 2.64. The second kappa shape index (κ2) is 5.83. The third kappa shape index (κ3) is 3.21. The van der Waals surface area contributed by atoms with E-state index in [0.29, 0.717) is 0 Å². The average Bonchev–Trinajstić information content (AvgIpc) is 3.10. The Kier molecular flexibility index (Phi) is 3.73. The molecule has 0 atom stereocenters. The van der Waals surface area contributed by atoms with Gasteiger partial charge in [0.15, 0.2) is 0 Å². The van der Waals surface area contributed by atoms with E-state index in [1.807, 2.05) is 17.8 Å². The SMILES string of the molecule is Cc1ncc(CNc2ccc(Cn3cncn3)cc2)s1. The van der Waals surface area contributed by atoms with E-state index in [4.69, 9.17) is 0 Å². The maximum atomic E-state index is 4.25. The minimum atomic E-state index is 0.744. The highest BCUT2D eigenvalue weighted by Crippen LogP contribution is 2.15. The van der Waals surface area contributed by atoms with Crippen molar-refractivity contribution in [3.8, 4) is 0 Å². The molecule has 1 N–H and O–H groups in total. The van der Waals surface area contributed by atoms with Crippen LogP contribution < -0.4 is 5.32 Å². The average molecular weight is 285 g/mol. The van der Waals surface area contributed by atoms with Gasteiger partial charge >= 0.3 is 0 Å². The zero-order valence-electron chi connectivity index (χ0n) is 11.2. The predicted octanol–water partition coefficient (Wildman–Crippen LogP) is 2.70. The van der Waals surface area contributed by atoms with Gasteiger partial charge in [0, 0.05) is 16.8 Å². The van der Waals surface area contributed by atoms with Crippen LogP contribution in [0.2, 0.25) is 0 Å². The normalized spacial score (nSPS) is 10.7. The van der Waals surface area contributed by atoms with Crippen LogP contribution >= 0.6 is 11.3 Å². The molecule has 0 aliphatic rings. The molecule has 0 aliphatic carbocycles. The number of benzene rings is 1. The molecule has 0 bridgehead atoms. The van der Waals surface area contributed by atoms with Gasteiger partial charge in [0.1, 0.15) is 12.7 Å². The number of anilines is 1. The lowest BCUT2D eigenvalue weighted by molar-refractivity contribution is 0.685. The third-order valence-electron chi connectivity index (χ3n) is 2.90. The Morgan fingerprint density at radius 1 is 1.25 bits per heavy atom. The van der Waals surface area contributed by atoms with Crippen molar-refractivity contribution in [2.24, 2.45) is 0 Å². The van der Waals surface area contributed by atoms with E-state index in [0.717, 1.165) is 23.8 Å². The largest absolute Gasteiger partial charge is 0.380 e. The molecule has 0 amide bonds. The smallest absolute Gasteiger partial charge is 0.137 e. The monoisotopic (exact) mass is 285 g/mol. The zero-order valence-corrected chi connectivity index (χ0v) is 12.0. The molecule has 3 rings (SSSR count). The number of nitrogens with one attached hydrogen (secondary N) is 1. The summed E-state index contributed by atoms with van der Waals surface area (Å²) in [5.41, 5.74) is 2.31. The van der Waals surface area contributed by atoms with E-state index in [9.17, 15) is 0 Å². The maximum absolute atomic E-state index is 4.25. The van der Waals surface area contributed by atoms with Crippen molar-refractivity contribution in [3.63, 3.8) is 0 Å². The maximum Gasteiger partial charge on any atom is 0.137 e. The fourth-order valence-electron chi connectivity index (χ4n) is 1.91. The molecule has 1 aromatic carbocycles. The van der Waals surface area contributed by atoms with Crippen LogP contribution in [0.1, 0.15) is 15.4 Å². The number of aromatic nitrogens is 4. The van der Waals surface area contributed by atoms with Gasteiger partial charge in [0.25, 0.3) is 0 Å². The van der Waals surface area contributed by atoms with Crippen molar-refractivity contribution in [1.82, 2.24) is 19.7 Å². The van der Waals surface area contributed by atoms with Gasteiger partial charge in [-0.1, -0.05) is 12.1 Å². The molecule has 5 nitrogen and oxygen atoms in total. The highest BCUT2D eigenvalue weighted by Gasteiger charge is 1.99. The molecule has 0 spiro atoms. The molecule has 0 fully saturated rings. The molecule has 0 unspecified atom stereocenters. The molecule has 0 saturated heterocycles. The van der Waals surface area contributed by atoms with Crippen LogP contribution in [-0.2, 0) is 13.1 Å². The van der Waals surface area contributed by atoms with Crippen molar-refractivity contribution < 1.29 is 0 Å². The van der Waals surface area contributed by atoms with E-state index in [1.165, 1.54) is 10.4 Å². The third-order valence-corrected chi connectivity index (χ3v) is 3.81. The summed E-state index contributed by atoms with van der Waals surface area (Å²) >= 11 is 1.72. The summed E-state index contributed by atoms with van der Waals surface area (Å²) in [7, 11) is 0. The zero-order chi connectivity index (χ0) is 13.8. The number of thiazole rings is 1. The van der Waals surface area contributed by atoms with E-state index < -0.39 is 0 Å². The molecule has 2 heterocycles. The van der Waals surface area contributed by atoms with Gasteiger partial charge in [-0.3, -0.25) is 0 Å². The second-order valence-corrected chi connectivity index (χ2v) is 5.81. The summed E-state index contributed by atoms with van der Waals surface area (Å²) in [6, 6.07) is 8.37. The van der Waals surface area contributed by atoms with Crippen molar-refractivity contribution in [3.05, 3.63) is 58.6 Å². The Bertz CT molecular complexity index is 657. The molecule has 6 heteroatoms. The Morgan fingerprint density at radius 2 is 2.10 bits per heavy atom. The van der Waals surface area contributed by atoms with Crippen LogP contribution in [0.5, 0.6) is 0 Å². The molecular formula is C14H15N5S. The summed E-state index contributed by atoms with van der Waals surface area (Å²) in [5, 5.41) is 8.59. The van der Waals surface area contributed by atoms with E-state index in [-0.39, 0.29) is 0 Å². The van der Waals surface area contributed by atoms with Crippen molar-refractivity contribution in [2.45, 2.75) is 20.0 Å². The number of nitrogens with zero attached hydrogens (tertiary/aromatic N) is 4. The predicted molar refractivity (Wildman–Crippen MR) is 79.7 cm³/mol. The lowest BCUT2D eigenvalue weighted by atomic mass is 10.2. The number of rotatable bonds is 5. The molecule has 2 aromatic heterocycles. The summed E-state index contributed by atoms with van der Waals surface area (Å²) < 4.78 is 1.81. The fraction of sp³-hybridized carbons (Fsp3) is 0.214. The number of hydrogen-bond donors (Lipinski definition) is 1. The Labute approximate surface area is 121 Å². The lowest BCUT2D eigenvalue weighted by Crippen LogP contribution is -2.01. The van der Waals surface area contributed by atoms with E-state index >= 15 is 0 Å². The van der Waals surface area contributed by atoms with Crippen molar-refractivity contribution in [2.75, 3.05) is 5.32 Å². The van der Waals surface area contributed by atoms with Crippen LogP contribution in [0.4, 0.5) is 5.69 Å². The van der Waals surface area contributed by atoms with E-state index in [2.05, 4.69) is 44.6 Å². The first-order chi connectivity index (χ1) is 9.79. The number of aryl methyl sites for hydroxylation is 1. The van der Waals surface area contributed by atoms with Crippen molar-refractivity contribution in [1.29, 1.82) is 0 Å². The molecule has 20 heavy (non-hydrogen) atoms. The summed E-state index contributed by atoms with van der Waals surface area (Å²) in [6.45, 7) is 3.58. The Balaban J connectivity index is 1.58. The van der Waals surface area contributed by atoms with Crippen LogP contribution in [-0.4, -0.2) is 19.7 Å². The van der Waals surface area contributed by atoms with Crippen LogP contribution in [0.25, 0.3) is 0 Å². The standard InChI is InChI=1S/C14H15N5S/c1-11-16-6-14(20-11)7-17-13-4-2-12(3-5-13)8-19-10-15-9-18-19/h2-6,9-10,17H,7-8H2,1H3. The molecule has 102 valence electrons. The van der Waals surface area contributed by atoms with Gasteiger partial charge in [-0.2, -0.15) is 5.10 Å². The minimum Gasteiger partial charge on any atom is -0.380 e. The Morgan fingerprint density at radius 3 is 2.75 bits per heavy atom. The van der Waals surface area contributed by atoms with Gasteiger partial charge in [0.05, 0.1) is 18.1 Å². The van der Waals surface area contributed by atoms with Crippen LogP contribution in [0.15, 0.2) is 43.1 Å². The van der Waals surface area contributed by atoms with E-state index in [1.54, 1.807) is 24.0 Å². The van der Waals surface area contributed by atoms with Gasteiger partial charge < -0.3 is 5.32 Å². The van der Waals surface area contributed by atoms with Crippen LogP contribution in [0.3, 0.4) is 0 Å². The minimum absolute atomic E-state index is 0.744. The quantitative estimate of drug-likeness (QED) is 0.783. The summed E-state index contributed by atoms with van der Waals surface area (Å²) in [6.07, 6.45) is 5.19. The first-order valence-electron chi connectivity index (χ1n) is 6.36. The first-order valence-corrected chi connectivity index (χ1v) is 7.18. The summed E-state index contributed by atoms with van der Waals surface area (Å²) in [4.78, 5) is 9.43. The molecule has 0 aliphatic heterocycles. The van der Waals surface area contributed by atoms with Crippen molar-refractivity contribution >= 4 is 17.0 Å². The molecule has 0 saturated carbocycles. The van der Waals surface area contributed by atoms with Gasteiger partial charge in [0.2, 0.25) is 0 Å². The van der Waals surface area contributed by atoms with Gasteiger partial charge in [-0.05, 0) is 24.6 Å². The highest BCUT2D eigenvalue weighted by molar-refractivity contribution is 7.11. The molecular weight excluding hydrogens is 270 g/mol. The lowest BCUT2D eigenvalue weighted by Gasteiger charge is -2.06. The van der Waals surface area contributed by atoms with Crippen LogP contribution in [0, 0.1) is 6.92 Å². The van der Waals surface area contributed by atoms with Gasteiger partial charge in [-0.25, -0.2) is 14.6 Å².